The van der Waals surface area contributed by atoms with E-state index >= 15 is 0 Å². The number of fused-ring (bicyclic) bond motifs is 3. The lowest BCUT2D eigenvalue weighted by molar-refractivity contribution is 0.980. The molecule has 2 N–H and O–H groups in total. The minimum Gasteiger partial charge on any atom is -0.320 e. The van der Waals surface area contributed by atoms with Gasteiger partial charge >= 0.3 is 0 Å². The molecule has 1 aromatic heterocycles. The summed E-state index contributed by atoms with van der Waals surface area (Å²) in [5, 5.41) is 2.64. The van der Waals surface area contributed by atoms with Gasteiger partial charge < -0.3 is 5.73 Å². The average Bonchev–Trinajstić information content (AvgIpc) is 3.22. The van der Waals surface area contributed by atoms with Crippen LogP contribution < -0.4 is 5.73 Å². The van der Waals surface area contributed by atoms with Crippen LogP contribution in [0, 0.1) is 0 Å². The highest BCUT2D eigenvalue weighted by molar-refractivity contribution is 7.26. The summed E-state index contributed by atoms with van der Waals surface area (Å²) in [5.74, 6) is 0. The molecule has 0 aliphatic carbocycles. The number of hydrogen-bond donors (Lipinski definition) is 1. The second-order valence-corrected chi connectivity index (χ2v) is 6.89. The zero-order chi connectivity index (χ0) is 22.5. The molecule has 0 aliphatic heterocycles. The number of aliphatic imine (C=N–C) groups is 1. The van der Waals surface area contributed by atoms with E-state index in [-0.39, 0.29) is 6.04 Å². The van der Waals surface area contributed by atoms with Gasteiger partial charge in [-0.2, -0.15) is 0 Å². The largest absolute Gasteiger partial charge is 0.320 e. The molecule has 4 aromatic rings. The van der Waals surface area contributed by atoms with E-state index in [9.17, 15) is 0 Å². The Morgan fingerprint density at radius 2 is 1.43 bits per heavy atom. The van der Waals surface area contributed by atoms with Gasteiger partial charge in [0, 0.05) is 33.4 Å². The van der Waals surface area contributed by atoms with Crippen LogP contribution >= 0.6 is 11.3 Å². The number of benzene rings is 3. The van der Waals surface area contributed by atoms with Gasteiger partial charge in [0.05, 0.1) is 6.04 Å². The summed E-state index contributed by atoms with van der Waals surface area (Å²) in [6, 6.07) is 23.4. The first-order chi connectivity index (χ1) is 14.8. The monoisotopic (exact) mass is 420 g/mol. The number of nitrogens with two attached hydrogens (primary N) is 1. The SMILES string of the molecule is CC.CC.CC.CN=CC(N)c1cccc(-c2cccc3c2sc2ccccc23)c1. The van der Waals surface area contributed by atoms with E-state index in [1.807, 2.05) is 52.9 Å². The Labute approximate surface area is 186 Å². The highest BCUT2D eigenvalue weighted by Crippen LogP contribution is 2.39. The number of thiophene rings is 1. The van der Waals surface area contributed by atoms with Gasteiger partial charge in [-0.15, -0.1) is 11.3 Å². The molecule has 160 valence electrons. The lowest BCUT2D eigenvalue weighted by Gasteiger charge is -2.09. The minimum absolute atomic E-state index is 0.170. The van der Waals surface area contributed by atoms with Crippen molar-refractivity contribution in [3.8, 4) is 11.1 Å². The predicted octanol–water partition coefficient (Wildman–Crippen LogP) is 8.50. The van der Waals surface area contributed by atoms with Crippen molar-refractivity contribution in [2.75, 3.05) is 7.05 Å². The van der Waals surface area contributed by atoms with Gasteiger partial charge in [-0.05, 0) is 28.8 Å². The quantitative estimate of drug-likeness (QED) is 0.331. The highest BCUT2D eigenvalue weighted by Gasteiger charge is 2.11. The Morgan fingerprint density at radius 3 is 2.13 bits per heavy atom. The molecule has 0 saturated heterocycles. The standard InChI is InChI=1S/C21H18N2S.3C2H6/c1-23-13-19(22)15-7-4-6-14(12-15)16-9-5-10-18-17-8-2-3-11-20(17)24-21(16)18;3*1-2/h2-13,19H,22H2,1H3;3*1-2H3. The van der Waals surface area contributed by atoms with Crippen LogP contribution in [0.5, 0.6) is 0 Å². The molecule has 3 aromatic carbocycles. The first kappa shape index (κ1) is 25.5. The van der Waals surface area contributed by atoms with Crippen molar-refractivity contribution in [1.82, 2.24) is 0 Å². The van der Waals surface area contributed by atoms with Crippen molar-refractivity contribution >= 4 is 37.7 Å². The van der Waals surface area contributed by atoms with Crippen LogP contribution in [0.15, 0.2) is 71.7 Å². The molecule has 0 aliphatic rings. The Morgan fingerprint density at radius 1 is 0.800 bits per heavy atom. The molecule has 1 atom stereocenters. The molecule has 0 fully saturated rings. The molecule has 0 amide bonds. The molecule has 0 saturated carbocycles. The maximum atomic E-state index is 6.18. The number of hydrogen-bond acceptors (Lipinski definition) is 3. The predicted molar refractivity (Wildman–Crippen MR) is 140 cm³/mol. The van der Waals surface area contributed by atoms with Crippen LogP contribution in [0.3, 0.4) is 0 Å². The van der Waals surface area contributed by atoms with Crippen LogP contribution in [0.1, 0.15) is 53.1 Å². The maximum absolute atomic E-state index is 6.18. The average molecular weight is 421 g/mol. The highest BCUT2D eigenvalue weighted by atomic mass is 32.1. The van der Waals surface area contributed by atoms with Crippen LogP contribution in [0.2, 0.25) is 0 Å². The molecule has 1 heterocycles. The molecule has 0 bridgehead atoms. The molecule has 2 nitrogen and oxygen atoms in total. The minimum atomic E-state index is -0.170. The summed E-state index contributed by atoms with van der Waals surface area (Å²) >= 11 is 1.85. The van der Waals surface area contributed by atoms with Crippen LogP contribution in [-0.2, 0) is 0 Å². The lowest BCUT2D eigenvalue weighted by Crippen LogP contribution is -2.11. The van der Waals surface area contributed by atoms with Gasteiger partial charge in [-0.3, -0.25) is 4.99 Å². The normalized spacial score (nSPS) is 11.1. The number of nitrogens with zero attached hydrogens (tertiary/aromatic N) is 1. The summed E-state index contributed by atoms with van der Waals surface area (Å²) in [6.07, 6.45) is 1.78. The third kappa shape index (κ3) is 5.78. The van der Waals surface area contributed by atoms with E-state index < -0.39 is 0 Å². The molecule has 3 heteroatoms. The van der Waals surface area contributed by atoms with Gasteiger partial charge in [0.25, 0.3) is 0 Å². The van der Waals surface area contributed by atoms with E-state index in [1.54, 1.807) is 13.3 Å². The van der Waals surface area contributed by atoms with Crippen LogP contribution in [0.4, 0.5) is 0 Å². The summed E-state index contributed by atoms with van der Waals surface area (Å²) in [7, 11) is 1.75. The van der Waals surface area contributed by atoms with E-state index in [2.05, 4.69) is 71.7 Å². The molecule has 0 spiro atoms. The van der Waals surface area contributed by atoms with E-state index in [4.69, 9.17) is 5.73 Å². The van der Waals surface area contributed by atoms with Crippen molar-refractivity contribution < 1.29 is 0 Å². The fraction of sp³-hybridized carbons (Fsp3) is 0.296. The van der Waals surface area contributed by atoms with Gasteiger partial charge in [0.15, 0.2) is 0 Å². The summed E-state index contributed by atoms with van der Waals surface area (Å²) in [6.45, 7) is 12.0. The Kier molecular flexibility index (Phi) is 11.7. The van der Waals surface area contributed by atoms with Crippen molar-refractivity contribution in [2.24, 2.45) is 10.7 Å². The molecule has 30 heavy (non-hydrogen) atoms. The van der Waals surface area contributed by atoms with E-state index in [0.29, 0.717) is 0 Å². The zero-order valence-corrected chi connectivity index (χ0v) is 20.3. The molecule has 4 rings (SSSR count). The molecular formula is C27H36N2S. The fourth-order valence-corrected chi connectivity index (χ4v) is 4.37. The van der Waals surface area contributed by atoms with Crippen molar-refractivity contribution in [3.63, 3.8) is 0 Å². The Balaban J connectivity index is 0.000000691. The van der Waals surface area contributed by atoms with Gasteiger partial charge in [0.1, 0.15) is 0 Å². The summed E-state index contributed by atoms with van der Waals surface area (Å²) in [5.41, 5.74) is 9.72. The van der Waals surface area contributed by atoms with Crippen molar-refractivity contribution in [3.05, 3.63) is 72.3 Å². The Hall–Kier alpha value is -2.49. The van der Waals surface area contributed by atoms with Crippen LogP contribution in [0.25, 0.3) is 31.3 Å². The topological polar surface area (TPSA) is 38.4 Å². The first-order valence-electron chi connectivity index (χ1n) is 11.0. The third-order valence-corrected chi connectivity index (χ3v) is 5.52. The van der Waals surface area contributed by atoms with E-state index in [0.717, 1.165) is 5.56 Å². The summed E-state index contributed by atoms with van der Waals surface area (Å²) < 4.78 is 2.65. The van der Waals surface area contributed by atoms with Crippen LogP contribution in [-0.4, -0.2) is 13.3 Å². The second kappa shape index (κ2) is 13.7. The first-order valence-corrected chi connectivity index (χ1v) is 11.8. The van der Waals surface area contributed by atoms with Crippen molar-refractivity contribution in [1.29, 1.82) is 0 Å². The zero-order valence-electron chi connectivity index (χ0n) is 19.4. The molecule has 1 unspecified atom stereocenters. The molecule has 0 radical (unpaired) electrons. The summed E-state index contributed by atoms with van der Waals surface area (Å²) in [4.78, 5) is 4.05. The smallest absolute Gasteiger partial charge is 0.0651 e. The van der Waals surface area contributed by atoms with Gasteiger partial charge in [-0.25, -0.2) is 0 Å². The van der Waals surface area contributed by atoms with E-state index in [1.165, 1.54) is 31.3 Å². The lowest BCUT2D eigenvalue weighted by atomic mass is 9.99. The third-order valence-electron chi connectivity index (χ3n) is 4.30. The number of rotatable bonds is 3. The second-order valence-electron chi connectivity index (χ2n) is 5.84. The maximum Gasteiger partial charge on any atom is 0.0651 e. The molecular weight excluding hydrogens is 384 g/mol. The van der Waals surface area contributed by atoms with Gasteiger partial charge in [-0.1, -0.05) is 96.1 Å². The van der Waals surface area contributed by atoms with Gasteiger partial charge in [0.2, 0.25) is 0 Å². The Bertz CT molecular complexity index is 1050. The van der Waals surface area contributed by atoms with Crippen molar-refractivity contribution in [2.45, 2.75) is 47.6 Å². The fourth-order valence-electron chi connectivity index (χ4n) is 3.13.